The predicted octanol–water partition coefficient (Wildman–Crippen LogP) is 1.10. The molecule has 2 heterocycles. The third kappa shape index (κ3) is 2.56. The van der Waals surface area contributed by atoms with Crippen molar-refractivity contribution in [3.05, 3.63) is 11.6 Å². The zero-order valence-electron chi connectivity index (χ0n) is 8.79. The first-order valence-electron chi connectivity index (χ1n) is 5.48. The van der Waals surface area contributed by atoms with E-state index in [1.165, 1.54) is 12.0 Å². The summed E-state index contributed by atoms with van der Waals surface area (Å²) in [6.07, 6.45) is 5.17. The predicted molar refractivity (Wildman–Crippen MR) is 55.3 cm³/mol. The summed E-state index contributed by atoms with van der Waals surface area (Å²) < 4.78 is 11.2. The molecule has 0 aromatic rings. The van der Waals surface area contributed by atoms with Crippen LogP contribution in [0.25, 0.3) is 0 Å². The average molecular weight is 197 g/mol. The highest BCUT2D eigenvalue weighted by Crippen LogP contribution is 2.17. The number of rotatable bonds is 2. The van der Waals surface area contributed by atoms with E-state index in [0.29, 0.717) is 6.10 Å². The highest BCUT2D eigenvalue weighted by molar-refractivity contribution is 5.10. The second-order valence-electron chi connectivity index (χ2n) is 4.03. The summed E-state index contributed by atoms with van der Waals surface area (Å²) in [6, 6.07) is 0. The van der Waals surface area contributed by atoms with Crippen molar-refractivity contribution in [2.45, 2.75) is 32.0 Å². The van der Waals surface area contributed by atoms with Crippen molar-refractivity contribution in [1.82, 2.24) is 5.32 Å². The van der Waals surface area contributed by atoms with Crippen LogP contribution in [0, 0.1) is 0 Å². The van der Waals surface area contributed by atoms with Crippen molar-refractivity contribution in [3.63, 3.8) is 0 Å². The van der Waals surface area contributed by atoms with E-state index >= 15 is 0 Å². The Morgan fingerprint density at radius 1 is 1.36 bits per heavy atom. The maximum atomic E-state index is 5.66. The lowest BCUT2D eigenvalue weighted by atomic mass is 10.1. The zero-order valence-corrected chi connectivity index (χ0v) is 8.79. The summed E-state index contributed by atoms with van der Waals surface area (Å²) in [5.74, 6) is 0. The first kappa shape index (κ1) is 10.1. The van der Waals surface area contributed by atoms with E-state index in [9.17, 15) is 0 Å². The Labute approximate surface area is 85.5 Å². The van der Waals surface area contributed by atoms with Crippen LogP contribution in [-0.2, 0) is 9.47 Å². The van der Waals surface area contributed by atoms with Gasteiger partial charge in [-0.2, -0.15) is 0 Å². The van der Waals surface area contributed by atoms with Gasteiger partial charge in [-0.25, -0.2) is 0 Å². The van der Waals surface area contributed by atoms with Gasteiger partial charge >= 0.3 is 0 Å². The Kier molecular flexibility index (Phi) is 3.56. The van der Waals surface area contributed by atoms with Crippen LogP contribution >= 0.6 is 0 Å². The third-order valence-electron chi connectivity index (χ3n) is 2.85. The summed E-state index contributed by atoms with van der Waals surface area (Å²) >= 11 is 0. The minimum Gasteiger partial charge on any atom is -0.374 e. The van der Waals surface area contributed by atoms with Crippen LogP contribution in [0.1, 0.15) is 19.8 Å². The number of hydrogen-bond acceptors (Lipinski definition) is 3. The van der Waals surface area contributed by atoms with E-state index < -0.39 is 0 Å². The molecule has 2 fully saturated rings. The average Bonchev–Trinajstić information content (AvgIpc) is 2.72. The molecule has 2 rings (SSSR count). The monoisotopic (exact) mass is 197 g/mol. The molecule has 0 bridgehead atoms. The molecular formula is C11H19NO2. The van der Waals surface area contributed by atoms with Gasteiger partial charge in [0.15, 0.2) is 0 Å². The molecule has 0 aromatic carbocycles. The molecule has 3 heteroatoms. The summed E-state index contributed by atoms with van der Waals surface area (Å²) in [5, 5.41) is 3.33. The number of hydrogen-bond donors (Lipinski definition) is 1. The van der Waals surface area contributed by atoms with Crippen molar-refractivity contribution in [2.24, 2.45) is 0 Å². The lowest BCUT2D eigenvalue weighted by Crippen LogP contribution is -2.39. The minimum absolute atomic E-state index is 0.257. The molecule has 2 aliphatic rings. The highest BCUT2D eigenvalue weighted by atomic mass is 16.5. The van der Waals surface area contributed by atoms with Crippen LogP contribution in [0.2, 0.25) is 0 Å². The fourth-order valence-corrected chi connectivity index (χ4v) is 1.99. The largest absolute Gasteiger partial charge is 0.374 e. The molecule has 80 valence electrons. The van der Waals surface area contributed by atoms with Gasteiger partial charge < -0.3 is 14.8 Å². The van der Waals surface area contributed by atoms with E-state index in [1.54, 1.807) is 0 Å². The van der Waals surface area contributed by atoms with E-state index in [4.69, 9.17) is 9.47 Å². The first-order chi connectivity index (χ1) is 6.86. The van der Waals surface area contributed by atoms with Crippen LogP contribution in [0.5, 0.6) is 0 Å². The molecule has 0 saturated carbocycles. The van der Waals surface area contributed by atoms with Crippen LogP contribution < -0.4 is 5.32 Å². The van der Waals surface area contributed by atoms with Crippen molar-refractivity contribution < 1.29 is 9.47 Å². The van der Waals surface area contributed by atoms with Gasteiger partial charge in [0.25, 0.3) is 0 Å². The maximum Gasteiger partial charge on any atom is 0.0908 e. The fourth-order valence-electron chi connectivity index (χ4n) is 1.99. The molecule has 2 atom stereocenters. The molecule has 2 aliphatic heterocycles. The van der Waals surface area contributed by atoms with Crippen LogP contribution in [0.3, 0.4) is 0 Å². The van der Waals surface area contributed by atoms with Crippen LogP contribution in [0.15, 0.2) is 11.6 Å². The molecule has 2 saturated heterocycles. The Balaban J connectivity index is 1.87. The van der Waals surface area contributed by atoms with Gasteiger partial charge in [0.05, 0.1) is 18.8 Å². The number of nitrogens with one attached hydrogen (secondary N) is 1. The molecule has 2 unspecified atom stereocenters. The Hall–Kier alpha value is -0.380. The lowest BCUT2D eigenvalue weighted by molar-refractivity contribution is 0.0503. The quantitative estimate of drug-likeness (QED) is 0.672. The first-order valence-corrected chi connectivity index (χ1v) is 5.48. The van der Waals surface area contributed by atoms with Crippen LogP contribution in [-0.4, -0.2) is 38.5 Å². The molecule has 0 aromatic heterocycles. The van der Waals surface area contributed by atoms with Crippen molar-refractivity contribution in [1.29, 1.82) is 0 Å². The summed E-state index contributed by atoms with van der Waals surface area (Å²) in [7, 11) is 0. The summed E-state index contributed by atoms with van der Waals surface area (Å²) in [6.45, 7) is 5.79. The standard InChI is InChI=1S/C11H19NO2/c1-9(7-10-3-2-5-13-10)11-8-12-4-6-14-11/h7,10-12H,2-6,8H2,1H3/b9-7+. The molecule has 1 N–H and O–H groups in total. The van der Waals surface area contributed by atoms with E-state index in [2.05, 4.69) is 18.3 Å². The molecular weight excluding hydrogens is 178 g/mol. The normalized spacial score (nSPS) is 34.8. The highest BCUT2D eigenvalue weighted by Gasteiger charge is 2.18. The smallest absolute Gasteiger partial charge is 0.0908 e. The molecule has 0 radical (unpaired) electrons. The maximum absolute atomic E-state index is 5.66. The summed E-state index contributed by atoms with van der Waals surface area (Å²) in [5.41, 5.74) is 1.31. The van der Waals surface area contributed by atoms with Crippen LogP contribution in [0.4, 0.5) is 0 Å². The zero-order chi connectivity index (χ0) is 9.80. The van der Waals surface area contributed by atoms with Gasteiger partial charge in [0.1, 0.15) is 0 Å². The third-order valence-corrected chi connectivity index (χ3v) is 2.85. The van der Waals surface area contributed by atoms with Gasteiger partial charge in [-0.05, 0) is 25.3 Å². The van der Waals surface area contributed by atoms with Gasteiger partial charge in [-0.15, -0.1) is 0 Å². The van der Waals surface area contributed by atoms with Gasteiger partial charge in [-0.3, -0.25) is 0 Å². The Morgan fingerprint density at radius 3 is 2.93 bits per heavy atom. The summed E-state index contributed by atoms with van der Waals surface area (Å²) in [4.78, 5) is 0. The van der Waals surface area contributed by atoms with Crippen molar-refractivity contribution in [2.75, 3.05) is 26.3 Å². The molecule has 14 heavy (non-hydrogen) atoms. The molecule has 0 amide bonds. The minimum atomic E-state index is 0.257. The Bertz CT molecular complexity index is 203. The lowest BCUT2D eigenvalue weighted by Gasteiger charge is -2.24. The SMILES string of the molecule is C/C(=C\C1CCCO1)C1CNCCO1. The van der Waals surface area contributed by atoms with E-state index in [0.717, 1.165) is 32.7 Å². The van der Waals surface area contributed by atoms with Gasteiger partial charge in [0, 0.05) is 19.7 Å². The second kappa shape index (κ2) is 4.91. The number of ether oxygens (including phenoxy) is 2. The van der Waals surface area contributed by atoms with E-state index in [-0.39, 0.29) is 6.10 Å². The number of morpholine rings is 1. The Morgan fingerprint density at radius 2 is 2.29 bits per heavy atom. The second-order valence-corrected chi connectivity index (χ2v) is 4.03. The topological polar surface area (TPSA) is 30.5 Å². The van der Waals surface area contributed by atoms with Crippen molar-refractivity contribution >= 4 is 0 Å². The fraction of sp³-hybridized carbons (Fsp3) is 0.818. The van der Waals surface area contributed by atoms with Gasteiger partial charge in [-0.1, -0.05) is 6.08 Å². The van der Waals surface area contributed by atoms with E-state index in [1.807, 2.05) is 0 Å². The van der Waals surface area contributed by atoms with Gasteiger partial charge in [0.2, 0.25) is 0 Å². The molecule has 3 nitrogen and oxygen atoms in total. The van der Waals surface area contributed by atoms with Crippen molar-refractivity contribution in [3.8, 4) is 0 Å². The molecule has 0 spiro atoms. The molecule has 0 aliphatic carbocycles.